The van der Waals surface area contributed by atoms with Gasteiger partial charge in [0.25, 0.3) is 5.91 Å². The van der Waals surface area contributed by atoms with Gasteiger partial charge >= 0.3 is 6.03 Å². The van der Waals surface area contributed by atoms with E-state index in [1.807, 2.05) is 0 Å². The van der Waals surface area contributed by atoms with Crippen molar-refractivity contribution in [3.05, 3.63) is 5.01 Å². The summed E-state index contributed by atoms with van der Waals surface area (Å²) in [4.78, 5) is 25.9. The molecule has 8 heteroatoms. The fourth-order valence-electron chi connectivity index (χ4n) is 2.87. The minimum atomic E-state index is -0.661. The highest BCUT2D eigenvalue weighted by Crippen LogP contribution is 2.34. The summed E-state index contributed by atoms with van der Waals surface area (Å²) in [5.41, 5.74) is -0.661. The lowest BCUT2D eigenvalue weighted by atomic mass is 9.82. The number of carbonyl (C=O) groups is 2. The van der Waals surface area contributed by atoms with Crippen LogP contribution in [0.2, 0.25) is 0 Å². The average Bonchev–Trinajstić information content (AvgIpc) is 3.00. The Bertz CT molecular complexity index is 538. The van der Waals surface area contributed by atoms with Crippen molar-refractivity contribution in [3.63, 3.8) is 0 Å². The molecule has 0 radical (unpaired) electrons. The summed E-state index contributed by atoms with van der Waals surface area (Å²) in [6, 6.07) is -0.307. The van der Waals surface area contributed by atoms with E-state index in [1.165, 1.54) is 16.2 Å². The molecule has 0 unspecified atom stereocenters. The van der Waals surface area contributed by atoms with Crippen LogP contribution in [0.15, 0.2) is 0 Å². The first-order chi connectivity index (χ1) is 9.64. The van der Waals surface area contributed by atoms with E-state index < -0.39 is 5.54 Å². The van der Waals surface area contributed by atoms with Gasteiger partial charge in [-0.3, -0.25) is 9.69 Å². The molecule has 0 aromatic carbocycles. The summed E-state index contributed by atoms with van der Waals surface area (Å²) < 4.78 is 0. The van der Waals surface area contributed by atoms with E-state index in [1.54, 1.807) is 7.05 Å². The van der Waals surface area contributed by atoms with Crippen LogP contribution in [0, 0.1) is 0 Å². The Balaban J connectivity index is 1.76. The number of hydrogen-bond acceptors (Lipinski definition) is 6. The van der Waals surface area contributed by atoms with Crippen molar-refractivity contribution in [2.45, 2.75) is 44.2 Å². The first kappa shape index (κ1) is 13.3. The molecule has 3 rings (SSSR count). The SMILES string of the molecule is CNc1nnc(CN2C(=O)NC3(CCCCC3)C2=O)s1. The number of anilines is 1. The zero-order chi connectivity index (χ0) is 14.2. The maximum Gasteiger partial charge on any atom is 0.325 e. The third-order valence-corrected chi connectivity index (χ3v) is 4.85. The normalized spacial score (nSPS) is 21.4. The zero-order valence-corrected chi connectivity index (χ0v) is 12.1. The number of imide groups is 1. The van der Waals surface area contributed by atoms with Crippen LogP contribution in [0.1, 0.15) is 37.1 Å². The summed E-state index contributed by atoms with van der Waals surface area (Å²) in [5.74, 6) is -0.108. The fourth-order valence-corrected chi connectivity index (χ4v) is 3.55. The number of hydrogen-bond donors (Lipinski definition) is 2. The predicted molar refractivity (Wildman–Crippen MR) is 74.4 cm³/mol. The smallest absolute Gasteiger partial charge is 0.325 e. The average molecular weight is 295 g/mol. The molecule has 2 aliphatic rings. The third-order valence-electron chi connectivity index (χ3n) is 3.93. The molecule has 2 heterocycles. The summed E-state index contributed by atoms with van der Waals surface area (Å²) >= 11 is 1.35. The molecule has 0 bridgehead atoms. The summed E-state index contributed by atoms with van der Waals surface area (Å²) in [5, 5.41) is 15.0. The van der Waals surface area contributed by atoms with E-state index >= 15 is 0 Å². The number of urea groups is 1. The predicted octanol–water partition coefficient (Wildman–Crippen LogP) is 1.33. The molecule has 1 aromatic rings. The molecule has 1 saturated heterocycles. The molecule has 108 valence electrons. The van der Waals surface area contributed by atoms with Gasteiger partial charge in [-0.2, -0.15) is 0 Å². The number of amides is 3. The summed E-state index contributed by atoms with van der Waals surface area (Å²) in [6.07, 6.45) is 4.59. The van der Waals surface area contributed by atoms with Crippen molar-refractivity contribution in [2.75, 3.05) is 12.4 Å². The van der Waals surface area contributed by atoms with Crippen molar-refractivity contribution >= 4 is 28.4 Å². The molecule has 3 amide bonds. The Morgan fingerprint density at radius 3 is 2.70 bits per heavy atom. The van der Waals surface area contributed by atoms with E-state index in [4.69, 9.17) is 0 Å². The topological polar surface area (TPSA) is 87.2 Å². The summed E-state index contributed by atoms with van der Waals surface area (Å²) in [6.45, 7) is 0.200. The maximum absolute atomic E-state index is 12.6. The number of carbonyl (C=O) groups excluding carboxylic acids is 2. The van der Waals surface area contributed by atoms with E-state index in [-0.39, 0.29) is 18.5 Å². The molecule has 0 atom stereocenters. The van der Waals surface area contributed by atoms with Crippen LogP contribution < -0.4 is 10.6 Å². The lowest BCUT2D eigenvalue weighted by Crippen LogP contribution is -2.48. The molecule has 1 aliphatic heterocycles. The third kappa shape index (κ3) is 2.13. The molecule has 7 nitrogen and oxygen atoms in total. The monoisotopic (exact) mass is 295 g/mol. The molecule has 1 aromatic heterocycles. The van der Waals surface area contributed by atoms with Crippen molar-refractivity contribution < 1.29 is 9.59 Å². The standard InChI is InChI=1S/C12H17N5O2S/c1-13-10-16-15-8(20-10)7-17-9(18)12(14-11(17)19)5-3-2-4-6-12/h2-7H2,1H3,(H,13,16)(H,14,19). The van der Waals surface area contributed by atoms with Crippen LogP contribution in [0.25, 0.3) is 0 Å². The van der Waals surface area contributed by atoms with Gasteiger partial charge in [0.1, 0.15) is 10.5 Å². The molecule has 1 spiro atoms. The van der Waals surface area contributed by atoms with Crippen LogP contribution in [-0.2, 0) is 11.3 Å². The van der Waals surface area contributed by atoms with Gasteiger partial charge < -0.3 is 10.6 Å². The Hall–Kier alpha value is -1.70. The largest absolute Gasteiger partial charge is 0.363 e. The van der Waals surface area contributed by atoms with Gasteiger partial charge in [-0.15, -0.1) is 10.2 Å². The highest BCUT2D eigenvalue weighted by molar-refractivity contribution is 7.15. The minimum absolute atomic E-state index is 0.108. The number of nitrogens with zero attached hydrogens (tertiary/aromatic N) is 3. The van der Waals surface area contributed by atoms with Gasteiger partial charge in [0.15, 0.2) is 0 Å². The number of aromatic nitrogens is 2. The van der Waals surface area contributed by atoms with Crippen molar-refractivity contribution in [3.8, 4) is 0 Å². The maximum atomic E-state index is 12.6. The second-order valence-corrected chi connectivity index (χ2v) is 6.28. The van der Waals surface area contributed by atoms with Crippen LogP contribution in [0.4, 0.5) is 9.93 Å². The summed E-state index contributed by atoms with van der Waals surface area (Å²) in [7, 11) is 1.76. The molecule has 1 saturated carbocycles. The van der Waals surface area contributed by atoms with Crippen LogP contribution >= 0.6 is 11.3 Å². The van der Waals surface area contributed by atoms with Gasteiger partial charge in [-0.1, -0.05) is 30.6 Å². The zero-order valence-electron chi connectivity index (χ0n) is 11.3. The van der Waals surface area contributed by atoms with Crippen molar-refractivity contribution in [2.24, 2.45) is 0 Å². The van der Waals surface area contributed by atoms with Gasteiger partial charge in [-0.05, 0) is 12.8 Å². The number of rotatable bonds is 3. The van der Waals surface area contributed by atoms with Crippen molar-refractivity contribution in [1.29, 1.82) is 0 Å². The molecular formula is C12H17N5O2S. The van der Waals surface area contributed by atoms with Gasteiger partial charge in [0.05, 0.1) is 6.54 Å². The number of nitrogens with one attached hydrogen (secondary N) is 2. The lowest BCUT2D eigenvalue weighted by Gasteiger charge is -2.30. The first-order valence-electron chi connectivity index (χ1n) is 6.79. The highest BCUT2D eigenvalue weighted by Gasteiger charge is 2.51. The van der Waals surface area contributed by atoms with Gasteiger partial charge in [-0.25, -0.2) is 4.79 Å². The van der Waals surface area contributed by atoms with E-state index in [2.05, 4.69) is 20.8 Å². The van der Waals surface area contributed by atoms with Crippen molar-refractivity contribution in [1.82, 2.24) is 20.4 Å². The van der Waals surface area contributed by atoms with E-state index in [0.29, 0.717) is 10.1 Å². The van der Waals surface area contributed by atoms with E-state index in [0.717, 1.165) is 32.1 Å². The second kappa shape index (κ2) is 5.01. The highest BCUT2D eigenvalue weighted by atomic mass is 32.1. The Morgan fingerprint density at radius 1 is 1.30 bits per heavy atom. The lowest BCUT2D eigenvalue weighted by molar-refractivity contribution is -0.132. The minimum Gasteiger partial charge on any atom is -0.363 e. The van der Waals surface area contributed by atoms with Crippen LogP contribution in [-0.4, -0.2) is 39.6 Å². The molecule has 2 N–H and O–H groups in total. The molecule has 20 heavy (non-hydrogen) atoms. The van der Waals surface area contributed by atoms with Crippen LogP contribution in [0.3, 0.4) is 0 Å². The molecule has 1 aliphatic carbocycles. The molecular weight excluding hydrogens is 278 g/mol. The van der Waals surface area contributed by atoms with Crippen LogP contribution in [0.5, 0.6) is 0 Å². The Labute approximate surface area is 120 Å². The quantitative estimate of drug-likeness (QED) is 0.822. The Kier molecular flexibility index (Phi) is 3.33. The Morgan fingerprint density at radius 2 is 2.05 bits per heavy atom. The van der Waals surface area contributed by atoms with Gasteiger partial charge in [0, 0.05) is 7.05 Å². The molecule has 2 fully saturated rings. The fraction of sp³-hybridized carbons (Fsp3) is 0.667. The second-order valence-electron chi connectivity index (χ2n) is 5.22. The van der Waals surface area contributed by atoms with Gasteiger partial charge in [0.2, 0.25) is 5.13 Å². The van der Waals surface area contributed by atoms with E-state index in [9.17, 15) is 9.59 Å². The first-order valence-corrected chi connectivity index (χ1v) is 7.60.